The van der Waals surface area contributed by atoms with Gasteiger partial charge in [0.15, 0.2) is 0 Å². The summed E-state index contributed by atoms with van der Waals surface area (Å²) < 4.78 is 9.71. The third-order valence-electron chi connectivity index (χ3n) is 1.98. The van der Waals surface area contributed by atoms with Crippen LogP contribution in [0.15, 0.2) is 6.20 Å². The van der Waals surface area contributed by atoms with Crippen molar-refractivity contribution in [3.8, 4) is 0 Å². The number of aromatic nitrogens is 2. The van der Waals surface area contributed by atoms with Crippen molar-refractivity contribution in [2.75, 3.05) is 19.0 Å². The molecule has 0 fully saturated rings. The van der Waals surface area contributed by atoms with E-state index in [1.165, 1.54) is 13.3 Å². The van der Waals surface area contributed by atoms with Crippen LogP contribution < -0.4 is 5.32 Å². The molecule has 0 amide bonds. The van der Waals surface area contributed by atoms with E-state index >= 15 is 0 Å². The van der Waals surface area contributed by atoms with Gasteiger partial charge < -0.3 is 14.8 Å². The van der Waals surface area contributed by atoms with Crippen LogP contribution in [0.25, 0.3) is 0 Å². The molecule has 0 aliphatic rings. The number of hydrogen-bond acceptors (Lipinski definition) is 7. The Morgan fingerprint density at radius 2 is 2.05 bits per heavy atom. The van der Waals surface area contributed by atoms with Crippen LogP contribution in [0.1, 0.15) is 31.1 Å². The molecule has 0 aliphatic heterocycles. The maximum atomic E-state index is 11.6. The summed E-state index contributed by atoms with van der Waals surface area (Å²) in [7, 11) is 1.23. The average molecular weight is 302 g/mol. The van der Waals surface area contributed by atoms with Gasteiger partial charge in [0, 0.05) is 6.20 Å². The maximum absolute atomic E-state index is 11.6. The average Bonchev–Trinajstić information content (AvgIpc) is 2.33. The molecule has 0 bridgehead atoms. The van der Waals surface area contributed by atoms with Gasteiger partial charge in [-0.25, -0.2) is 9.78 Å². The Hall–Kier alpha value is -1.89. The summed E-state index contributed by atoms with van der Waals surface area (Å²) >= 11 is 5.66. The predicted octanol–water partition coefficient (Wildman–Crippen LogP) is 1.67. The third kappa shape index (κ3) is 5.00. The molecular weight excluding hydrogens is 286 g/mol. The topological polar surface area (TPSA) is 90.4 Å². The van der Waals surface area contributed by atoms with E-state index < -0.39 is 17.5 Å². The molecular formula is C12H16ClN3O4. The quantitative estimate of drug-likeness (QED) is 0.668. The highest BCUT2D eigenvalue weighted by Crippen LogP contribution is 2.15. The van der Waals surface area contributed by atoms with Crippen molar-refractivity contribution in [1.29, 1.82) is 0 Å². The zero-order valence-electron chi connectivity index (χ0n) is 11.7. The second-order valence-corrected chi connectivity index (χ2v) is 5.17. The minimum Gasteiger partial charge on any atom is -0.465 e. The molecule has 8 heteroatoms. The number of carbonyl (C=O) groups excluding carboxylic acids is 2. The number of methoxy groups -OCH3 is 1. The first kappa shape index (κ1) is 16.2. The number of rotatable bonds is 4. The molecule has 0 radical (unpaired) electrons. The van der Waals surface area contributed by atoms with E-state index in [0.29, 0.717) is 0 Å². The van der Waals surface area contributed by atoms with Crippen LogP contribution in [0.3, 0.4) is 0 Å². The normalized spacial score (nSPS) is 10.8. The lowest BCUT2D eigenvalue weighted by molar-refractivity contribution is -0.152. The van der Waals surface area contributed by atoms with E-state index in [9.17, 15) is 9.59 Å². The highest BCUT2D eigenvalue weighted by Gasteiger charge is 2.19. The first-order chi connectivity index (χ1) is 9.23. The molecule has 0 aliphatic carbocycles. The van der Waals surface area contributed by atoms with E-state index in [0.717, 1.165) is 0 Å². The van der Waals surface area contributed by atoms with E-state index in [1.807, 2.05) is 0 Å². The molecule has 1 aromatic rings. The van der Waals surface area contributed by atoms with Crippen LogP contribution in [0.4, 0.5) is 5.82 Å². The van der Waals surface area contributed by atoms with Gasteiger partial charge in [-0.3, -0.25) is 4.79 Å². The van der Waals surface area contributed by atoms with Gasteiger partial charge >= 0.3 is 11.9 Å². The van der Waals surface area contributed by atoms with Gasteiger partial charge in [0.25, 0.3) is 0 Å². The SMILES string of the molecule is COC(=O)c1cnc(Cl)nc1NCC(=O)OC(C)(C)C. The summed E-state index contributed by atoms with van der Waals surface area (Å²) in [6.07, 6.45) is 1.22. The van der Waals surface area contributed by atoms with Crippen LogP contribution in [0, 0.1) is 0 Å². The minimum absolute atomic E-state index is 0.0515. The van der Waals surface area contributed by atoms with Crippen molar-refractivity contribution < 1.29 is 19.1 Å². The van der Waals surface area contributed by atoms with Gasteiger partial charge in [0.2, 0.25) is 5.28 Å². The summed E-state index contributed by atoms with van der Waals surface area (Å²) in [5, 5.41) is 2.63. The molecule has 0 saturated heterocycles. The number of ether oxygens (including phenoxy) is 2. The number of halogens is 1. The van der Waals surface area contributed by atoms with Crippen molar-refractivity contribution in [2.24, 2.45) is 0 Å². The van der Waals surface area contributed by atoms with Crippen LogP contribution in [0.2, 0.25) is 5.28 Å². The van der Waals surface area contributed by atoms with Gasteiger partial charge in [0.05, 0.1) is 7.11 Å². The Labute approximate surface area is 121 Å². The maximum Gasteiger partial charge on any atom is 0.343 e. The molecule has 0 unspecified atom stereocenters. The van der Waals surface area contributed by atoms with Crippen molar-refractivity contribution in [3.05, 3.63) is 17.0 Å². The second-order valence-electron chi connectivity index (χ2n) is 4.83. The number of nitrogens with zero attached hydrogens (tertiary/aromatic N) is 2. The van der Waals surface area contributed by atoms with E-state index in [1.54, 1.807) is 20.8 Å². The molecule has 1 N–H and O–H groups in total. The number of carbonyl (C=O) groups is 2. The van der Waals surface area contributed by atoms with Crippen molar-refractivity contribution >= 4 is 29.4 Å². The highest BCUT2D eigenvalue weighted by molar-refractivity contribution is 6.28. The third-order valence-corrected chi connectivity index (χ3v) is 2.17. The summed E-state index contributed by atoms with van der Waals surface area (Å²) in [6, 6.07) is 0. The molecule has 1 heterocycles. The van der Waals surface area contributed by atoms with Crippen molar-refractivity contribution in [2.45, 2.75) is 26.4 Å². The van der Waals surface area contributed by atoms with Gasteiger partial charge in [-0.05, 0) is 32.4 Å². The number of esters is 2. The Morgan fingerprint density at radius 3 is 2.60 bits per heavy atom. The zero-order chi connectivity index (χ0) is 15.3. The Kier molecular flexibility index (Phi) is 5.26. The Balaban J connectivity index is 2.79. The fourth-order valence-corrected chi connectivity index (χ4v) is 1.42. The molecule has 0 saturated carbocycles. The lowest BCUT2D eigenvalue weighted by Gasteiger charge is -2.19. The van der Waals surface area contributed by atoms with Crippen LogP contribution >= 0.6 is 11.6 Å². The molecule has 20 heavy (non-hydrogen) atoms. The van der Waals surface area contributed by atoms with Gasteiger partial charge in [-0.15, -0.1) is 0 Å². The molecule has 110 valence electrons. The Bertz CT molecular complexity index is 514. The van der Waals surface area contributed by atoms with E-state index in [2.05, 4.69) is 20.0 Å². The lowest BCUT2D eigenvalue weighted by Crippen LogP contribution is -2.28. The monoisotopic (exact) mass is 301 g/mol. The minimum atomic E-state index is -0.631. The van der Waals surface area contributed by atoms with Gasteiger partial charge in [-0.2, -0.15) is 4.98 Å². The van der Waals surface area contributed by atoms with Crippen molar-refractivity contribution in [1.82, 2.24) is 9.97 Å². The summed E-state index contributed by atoms with van der Waals surface area (Å²) in [6.45, 7) is 5.11. The molecule has 1 rings (SSSR count). The first-order valence-electron chi connectivity index (χ1n) is 5.79. The second kappa shape index (κ2) is 6.51. The summed E-state index contributed by atoms with van der Waals surface area (Å²) in [5.74, 6) is -1.00. The van der Waals surface area contributed by atoms with Gasteiger partial charge in [0.1, 0.15) is 23.5 Å². The number of anilines is 1. The summed E-state index contributed by atoms with van der Waals surface area (Å²) in [5.41, 5.74) is -0.506. The fourth-order valence-electron chi connectivity index (χ4n) is 1.29. The summed E-state index contributed by atoms with van der Waals surface area (Å²) in [4.78, 5) is 30.6. The predicted molar refractivity (Wildman–Crippen MR) is 72.7 cm³/mol. The largest absolute Gasteiger partial charge is 0.465 e. The molecule has 1 aromatic heterocycles. The first-order valence-corrected chi connectivity index (χ1v) is 6.17. The van der Waals surface area contributed by atoms with E-state index in [-0.39, 0.29) is 23.2 Å². The number of nitrogens with one attached hydrogen (secondary N) is 1. The molecule has 0 spiro atoms. The van der Waals surface area contributed by atoms with Crippen molar-refractivity contribution in [3.63, 3.8) is 0 Å². The van der Waals surface area contributed by atoms with E-state index in [4.69, 9.17) is 16.3 Å². The standard InChI is InChI=1S/C12H16ClN3O4/c1-12(2,3)20-8(17)6-14-9-7(10(18)19-4)5-15-11(13)16-9/h5H,6H2,1-4H3,(H,14,15,16). The Morgan fingerprint density at radius 1 is 1.40 bits per heavy atom. The van der Waals surface area contributed by atoms with Crippen LogP contribution in [-0.4, -0.2) is 41.2 Å². The fraction of sp³-hybridized carbons (Fsp3) is 0.500. The lowest BCUT2D eigenvalue weighted by atomic mass is 10.2. The molecule has 7 nitrogen and oxygen atoms in total. The zero-order valence-corrected chi connectivity index (χ0v) is 12.4. The molecule has 0 aromatic carbocycles. The smallest absolute Gasteiger partial charge is 0.343 e. The van der Waals surface area contributed by atoms with Crippen LogP contribution in [0.5, 0.6) is 0 Å². The molecule has 0 atom stereocenters. The van der Waals surface area contributed by atoms with Crippen LogP contribution in [-0.2, 0) is 14.3 Å². The van der Waals surface area contributed by atoms with Gasteiger partial charge in [-0.1, -0.05) is 0 Å². The highest BCUT2D eigenvalue weighted by atomic mass is 35.5. The number of hydrogen-bond donors (Lipinski definition) is 1.